The third kappa shape index (κ3) is 15.3. The molecule has 0 amide bonds. The molecular formula is C15H31NO3. The molecule has 0 spiro atoms. The number of hydrogen-bond donors (Lipinski definition) is 2. The molecule has 1 saturated carbocycles. The van der Waals surface area contributed by atoms with Gasteiger partial charge in [0.2, 0.25) is 0 Å². The van der Waals surface area contributed by atoms with Gasteiger partial charge in [-0.1, -0.05) is 57.8 Å². The molecule has 1 rings (SSSR count). The van der Waals surface area contributed by atoms with Crippen molar-refractivity contribution >= 4 is 5.97 Å². The van der Waals surface area contributed by atoms with Crippen molar-refractivity contribution in [3.8, 4) is 0 Å². The van der Waals surface area contributed by atoms with Gasteiger partial charge >= 0.3 is 5.97 Å². The molecule has 0 unspecified atom stereocenters. The number of carboxylic acids is 1. The summed E-state index contributed by atoms with van der Waals surface area (Å²) in [5, 5.41) is 7.79. The van der Waals surface area contributed by atoms with Crippen molar-refractivity contribution < 1.29 is 14.6 Å². The monoisotopic (exact) mass is 273 g/mol. The molecule has 1 aliphatic carbocycles. The molecule has 0 aromatic rings. The van der Waals surface area contributed by atoms with Crippen LogP contribution in [0, 0.1) is 0 Å². The van der Waals surface area contributed by atoms with E-state index in [9.17, 15) is 4.79 Å². The molecular weight excluding hydrogens is 242 g/mol. The predicted molar refractivity (Wildman–Crippen MR) is 78.3 cm³/mol. The highest BCUT2D eigenvalue weighted by Crippen LogP contribution is 2.15. The summed E-state index contributed by atoms with van der Waals surface area (Å²) in [7, 11) is 1.34. The van der Waals surface area contributed by atoms with E-state index in [-0.39, 0.29) is 6.61 Å². The number of ether oxygens (including phenoxy) is 1. The number of nitrogens with two attached hydrogens (primary N) is 1. The van der Waals surface area contributed by atoms with Crippen LogP contribution in [0.3, 0.4) is 0 Å². The normalized spacial score (nSPS) is 19.5. The topological polar surface area (TPSA) is 72.5 Å². The van der Waals surface area contributed by atoms with Gasteiger partial charge in [0.05, 0.1) is 0 Å². The van der Waals surface area contributed by atoms with Crippen molar-refractivity contribution in [1.29, 1.82) is 0 Å². The fourth-order valence-electron chi connectivity index (χ4n) is 2.32. The van der Waals surface area contributed by atoms with Crippen LogP contribution in [0.5, 0.6) is 0 Å². The van der Waals surface area contributed by atoms with Gasteiger partial charge in [0.1, 0.15) is 6.61 Å². The van der Waals surface area contributed by atoms with Crippen LogP contribution in [0.15, 0.2) is 0 Å². The maximum absolute atomic E-state index is 9.47. The highest BCUT2D eigenvalue weighted by molar-refractivity contribution is 5.67. The van der Waals surface area contributed by atoms with Crippen molar-refractivity contribution in [2.24, 2.45) is 5.73 Å². The SMILES string of the molecule is COCC(=O)O.NC1CCCCCCCCCCC1. The quantitative estimate of drug-likeness (QED) is 0.809. The molecule has 0 saturated heterocycles. The lowest BCUT2D eigenvalue weighted by Crippen LogP contribution is -2.19. The number of aliphatic carboxylic acids is 1. The minimum absolute atomic E-state index is 0.208. The number of carboxylic acid groups (broad SMARTS) is 1. The zero-order valence-corrected chi connectivity index (χ0v) is 12.4. The summed E-state index contributed by atoms with van der Waals surface area (Å²) in [4.78, 5) is 9.47. The lowest BCUT2D eigenvalue weighted by molar-refractivity contribution is -0.141. The van der Waals surface area contributed by atoms with Gasteiger partial charge in [-0.3, -0.25) is 0 Å². The zero-order valence-electron chi connectivity index (χ0n) is 12.4. The number of methoxy groups -OCH3 is 1. The van der Waals surface area contributed by atoms with E-state index in [0.29, 0.717) is 6.04 Å². The third-order valence-corrected chi connectivity index (χ3v) is 3.42. The van der Waals surface area contributed by atoms with Crippen molar-refractivity contribution in [3.05, 3.63) is 0 Å². The maximum Gasteiger partial charge on any atom is 0.329 e. The van der Waals surface area contributed by atoms with Gasteiger partial charge in [-0.05, 0) is 12.8 Å². The minimum Gasteiger partial charge on any atom is -0.480 e. The van der Waals surface area contributed by atoms with E-state index in [2.05, 4.69) is 4.74 Å². The highest BCUT2D eigenvalue weighted by atomic mass is 16.5. The number of carbonyl (C=O) groups is 1. The molecule has 1 fully saturated rings. The van der Waals surface area contributed by atoms with Crippen LogP contribution in [-0.4, -0.2) is 30.8 Å². The second-order valence-corrected chi connectivity index (χ2v) is 5.35. The van der Waals surface area contributed by atoms with E-state index < -0.39 is 5.97 Å². The summed E-state index contributed by atoms with van der Waals surface area (Å²) in [6.07, 6.45) is 15.3. The number of hydrogen-bond acceptors (Lipinski definition) is 3. The molecule has 0 aromatic carbocycles. The van der Waals surface area contributed by atoms with E-state index in [1.54, 1.807) is 0 Å². The Balaban J connectivity index is 0.000000459. The van der Waals surface area contributed by atoms with Crippen LogP contribution in [-0.2, 0) is 9.53 Å². The van der Waals surface area contributed by atoms with Crippen molar-refractivity contribution in [1.82, 2.24) is 0 Å². The lowest BCUT2D eigenvalue weighted by atomic mass is 9.99. The molecule has 114 valence electrons. The first-order valence-electron chi connectivity index (χ1n) is 7.63. The maximum atomic E-state index is 9.47. The molecule has 3 N–H and O–H groups in total. The smallest absolute Gasteiger partial charge is 0.329 e. The number of rotatable bonds is 2. The van der Waals surface area contributed by atoms with Gasteiger partial charge in [0.15, 0.2) is 0 Å². The summed E-state index contributed by atoms with van der Waals surface area (Å²) < 4.78 is 4.20. The molecule has 4 nitrogen and oxygen atoms in total. The van der Waals surface area contributed by atoms with Gasteiger partial charge in [0, 0.05) is 13.2 Å². The molecule has 0 heterocycles. The molecule has 0 bridgehead atoms. The van der Waals surface area contributed by atoms with Crippen LogP contribution in [0.2, 0.25) is 0 Å². The Morgan fingerprint density at radius 1 is 1.00 bits per heavy atom. The second-order valence-electron chi connectivity index (χ2n) is 5.35. The minimum atomic E-state index is -0.933. The first kappa shape index (κ1) is 18.4. The van der Waals surface area contributed by atoms with Gasteiger partial charge < -0.3 is 15.6 Å². The molecule has 0 aromatic heterocycles. The Morgan fingerprint density at radius 2 is 1.37 bits per heavy atom. The van der Waals surface area contributed by atoms with Crippen LogP contribution in [0.4, 0.5) is 0 Å². The Morgan fingerprint density at radius 3 is 1.63 bits per heavy atom. The van der Waals surface area contributed by atoms with Crippen LogP contribution in [0.25, 0.3) is 0 Å². The van der Waals surface area contributed by atoms with Crippen LogP contribution >= 0.6 is 0 Å². The zero-order chi connectivity index (χ0) is 14.3. The average Bonchev–Trinajstić information content (AvgIpc) is 2.34. The highest BCUT2D eigenvalue weighted by Gasteiger charge is 2.03. The molecule has 0 aliphatic heterocycles. The van der Waals surface area contributed by atoms with Gasteiger partial charge in [-0.2, -0.15) is 0 Å². The molecule has 4 heteroatoms. The molecule has 0 radical (unpaired) electrons. The van der Waals surface area contributed by atoms with Gasteiger partial charge in [-0.25, -0.2) is 4.79 Å². The summed E-state index contributed by atoms with van der Waals surface area (Å²) in [5.74, 6) is -0.933. The van der Waals surface area contributed by atoms with E-state index in [4.69, 9.17) is 10.8 Å². The molecule has 1 aliphatic rings. The van der Waals surface area contributed by atoms with E-state index >= 15 is 0 Å². The Labute approximate surface area is 117 Å². The van der Waals surface area contributed by atoms with Crippen LogP contribution < -0.4 is 5.73 Å². The fraction of sp³-hybridized carbons (Fsp3) is 0.933. The van der Waals surface area contributed by atoms with E-state index in [0.717, 1.165) is 0 Å². The molecule has 0 atom stereocenters. The summed E-state index contributed by atoms with van der Waals surface area (Å²) in [6, 6.07) is 0.499. The van der Waals surface area contributed by atoms with Gasteiger partial charge in [0.25, 0.3) is 0 Å². The first-order chi connectivity index (χ1) is 9.16. The Kier molecular flexibility index (Phi) is 13.4. The Bertz CT molecular complexity index is 198. The van der Waals surface area contributed by atoms with Crippen LogP contribution in [0.1, 0.15) is 70.6 Å². The van der Waals surface area contributed by atoms with Crippen molar-refractivity contribution in [2.75, 3.05) is 13.7 Å². The van der Waals surface area contributed by atoms with E-state index in [1.165, 1.54) is 77.7 Å². The fourth-order valence-corrected chi connectivity index (χ4v) is 2.32. The summed E-state index contributed by atoms with van der Waals surface area (Å²) in [5.41, 5.74) is 6.01. The third-order valence-electron chi connectivity index (χ3n) is 3.42. The van der Waals surface area contributed by atoms with Gasteiger partial charge in [-0.15, -0.1) is 0 Å². The van der Waals surface area contributed by atoms with Crippen molar-refractivity contribution in [3.63, 3.8) is 0 Å². The molecule has 19 heavy (non-hydrogen) atoms. The van der Waals surface area contributed by atoms with E-state index in [1.807, 2.05) is 0 Å². The summed E-state index contributed by atoms with van der Waals surface area (Å²) >= 11 is 0. The largest absolute Gasteiger partial charge is 0.480 e. The Hall–Kier alpha value is -0.610. The first-order valence-corrected chi connectivity index (χ1v) is 7.63. The standard InChI is InChI=1S/C12H25N.C3H6O3/c13-12-10-8-6-4-2-1-3-5-7-9-11-12;1-6-2-3(4)5/h12H,1-11,13H2;2H2,1H3,(H,4,5). The van der Waals surface area contributed by atoms with Crippen molar-refractivity contribution in [2.45, 2.75) is 76.7 Å². The lowest BCUT2D eigenvalue weighted by Gasteiger charge is -2.12. The average molecular weight is 273 g/mol. The summed E-state index contributed by atoms with van der Waals surface area (Å²) in [6.45, 7) is -0.208. The second kappa shape index (κ2) is 13.8. The predicted octanol–water partition coefficient (Wildman–Crippen LogP) is 3.34.